The highest BCUT2D eigenvalue weighted by molar-refractivity contribution is 5.94. The zero-order chi connectivity index (χ0) is 11.4. The van der Waals surface area contributed by atoms with Gasteiger partial charge in [-0.05, 0) is 6.07 Å². The van der Waals surface area contributed by atoms with Gasteiger partial charge in [-0.2, -0.15) is 0 Å². The van der Waals surface area contributed by atoms with Crippen LogP contribution in [0.5, 0.6) is 5.88 Å². The number of pyridine rings is 1. The fourth-order valence-corrected chi connectivity index (χ4v) is 1.54. The maximum absolute atomic E-state index is 11.4. The van der Waals surface area contributed by atoms with Crippen LogP contribution < -0.4 is 10.1 Å². The molecule has 1 saturated heterocycles. The minimum atomic E-state index is -0.144. The highest BCUT2D eigenvalue weighted by Crippen LogP contribution is 2.15. The third-order valence-electron chi connectivity index (χ3n) is 2.40. The van der Waals surface area contributed by atoms with E-state index in [1.54, 1.807) is 25.4 Å². The monoisotopic (exact) mass is 222 g/mol. The Kier molecular flexibility index (Phi) is 3.36. The molecule has 0 aromatic carbocycles. The van der Waals surface area contributed by atoms with Crippen LogP contribution >= 0.6 is 0 Å². The van der Waals surface area contributed by atoms with Crippen LogP contribution in [0.3, 0.4) is 0 Å². The first-order valence-electron chi connectivity index (χ1n) is 5.22. The number of carbonyl (C=O) groups is 1. The number of hydrogen-bond acceptors (Lipinski definition) is 4. The van der Waals surface area contributed by atoms with Crippen molar-refractivity contribution in [2.24, 2.45) is 0 Å². The minimum absolute atomic E-state index is 0.0486. The van der Waals surface area contributed by atoms with E-state index in [0.717, 1.165) is 13.0 Å². The molecule has 1 aromatic heterocycles. The lowest BCUT2D eigenvalue weighted by Crippen LogP contribution is -2.19. The molecule has 86 valence electrons. The van der Waals surface area contributed by atoms with Crippen molar-refractivity contribution in [3.8, 4) is 5.88 Å². The van der Waals surface area contributed by atoms with Gasteiger partial charge < -0.3 is 14.8 Å². The molecule has 16 heavy (non-hydrogen) atoms. The summed E-state index contributed by atoms with van der Waals surface area (Å²) in [6.45, 7) is 1.31. The summed E-state index contributed by atoms with van der Waals surface area (Å²) in [6, 6.07) is 3.29. The van der Waals surface area contributed by atoms with Gasteiger partial charge in [0, 0.05) is 31.3 Å². The summed E-state index contributed by atoms with van der Waals surface area (Å²) in [6.07, 6.45) is 2.48. The molecule has 1 N–H and O–H groups in total. The first-order chi connectivity index (χ1) is 7.79. The maximum atomic E-state index is 11.4. The van der Waals surface area contributed by atoms with E-state index in [1.165, 1.54) is 0 Å². The van der Waals surface area contributed by atoms with E-state index in [-0.39, 0.29) is 12.0 Å². The molecule has 1 amide bonds. The lowest BCUT2D eigenvalue weighted by atomic mass is 10.2. The second-order valence-electron chi connectivity index (χ2n) is 3.57. The van der Waals surface area contributed by atoms with Crippen molar-refractivity contribution in [1.82, 2.24) is 10.3 Å². The Bertz CT molecular complexity index is 375. The Labute approximate surface area is 93.8 Å². The molecule has 1 fully saturated rings. The quantitative estimate of drug-likeness (QED) is 0.814. The minimum Gasteiger partial charge on any atom is -0.472 e. The predicted octanol–water partition coefficient (Wildman–Crippen LogP) is 0.609. The largest absolute Gasteiger partial charge is 0.472 e. The van der Waals surface area contributed by atoms with Crippen LogP contribution in [0.25, 0.3) is 0 Å². The van der Waals surface area contributed by atoms with Gasteiger partial charge in [0.15, 0.2) is 0 Å². The molecule has 1 aromatic rings. The van der Waals surface area contributed by atoms with E-state index < -0.39 is 0 Å². The highest BCUT2D eigenvalue weighted by Gasteiger charge is 2.18. The summed E-state index contributed by atoms with van der Waals surface area (Å²) in [4.78, 5) is 15.4. The molecular formula is C11H14N2O3. The topological polar surface area (TPSA) is 60.5 Å². The Morgan fingerprint density at radius 3 is 3.25 bits per heavy atom. The Morgan fingerprint density at radius 2 is 2.56 bits per heavy atom. The van der Waals surface area contributed by atoms with E-state index in [0.29, 0.717) is 18.1 Å². The standard InChI is InChI=1S/C11H14N2O3/c1-12-11(14)8-2-4-13-10(6-8)16-9-3-5-15-7-9/h2,4,6,9H,3,5,7H2,1H3,(H,12,14)/t9-/m0/s1. The lowest BCUT2D eigenvalue weighted by molar-refractivity contribution is 0.0961. The average molecular weight is 222 g/mol. The molecule has 0 unspecified atom stereocenters. The van der Waals surface area contributed by atoms with Crippen molar-refractivity contribution in [2.45, 2.75) is 12.5 Å². The van der Waals surface area contributed by atoms with Crippen molar-refractivity contribution in [1.29, 1.82) is 0 Å². The van der Waals surface area contributed by atoms with Crippen molar-refractivity contribution in [3.63, 3.8) is 0 Å². The third-order valence-corrected chi connectivity index (χ3v) is 2.40. The fraction of sp³-hybridized carbons (Fsp3) is 0.455. The van der Waals surface area contributed by atoms with Crippen LogP contribution in [0.15, 0.2) is 18.3 Å². The zero-order valence-electron chi connectivity index (χ0n) is 9.10. The molecule has 0 bridgehead atoms. The first kappa shape index (κ1) is 10.9. The molecule has 0 saturated carbocycles. The normalized spacial score (nSPS) is 19.4. The van der Waals surface area contributed by atoms with Crippen LogP contribution in [-0.4, -0.2) is 37.3 Å². The van der Waals surface area contributed by atoms with Crippen LogP contribution in [0.2, 0.25) is 0 Å². The van der Waals surface area contributed by atoms with Crippen molar-refractivity contribution < 1.29 is 14.3 Å². The van der Waals surface area contributed by atoms with Crippen molar-refractivity contribution >= 4 is 5.91 Å². The first-order valence-corrected chi connectivity index (χ1v) is 5.22. The van der Waals surface area contributed by atoms with Gasteiger partial charge in [-0.1, -0.05) is 0 Å². The Hall–Kier alpha value is -1.62. The van der Waals surface area contributed by atoms with Gasteiger partial charge in [0.1, 0.15) is 6.10 Å². The smallest absolute Gasteiger partial charge is 0.251 e. The number of nitrogens with one attached hydrogen (secondary N) is 1. The van der Waals surface area contributed by atoms with Crippen LogP contribution in [0.4, 0.5) is 0 Å². The van der Waals surface area contributed by atoms with Crippen LogP contribution in [-0.2, 0) is 4.74 Å². The molecule has 5 heteroatoms. The second kappa shape index (κ2) is 4.94. The molecule has 5 nitrogen and oxygen atoms in total. The number of ether oxygens (including phenoxy) is 2. The van der Waals surface area contributed by atoms with Gasteiger partial charge in [0.2, 0.25) is 5.88 Å². The summed E-state index contributed by atoms with van der Waals surface area (Å²) < 4.78 is 10.8. The predicted molar refractivity (Wildman–Crippen MR) is 57.5 cm³/mol. The summed E-state index contributed by atoms with van der Waals surface area (Å²) in [7, 11) is 1.59. The van der Waals surface area contributed by atoms with Crippen molar-refractivity contribution in [2.75, 3.05) is 20.3 Å². The molecule has 0 radical (unpaired) electrons. The summed E-state index contributed by atoms with van der Waals surface area (Å²) in [5.74, 6) is 0.325. The Morgan fingerprint density at radius 1 is 1.69 bits per heavy atom. The third kappa shape index (κ3) is 2.49. The molecule has 1 atom stereocenters. The summed E-state index contributed by atoms with van der Waals surface area (Å²) in [5, 5.41) is 2.56. The van der Waals surface area contributed by atoms with Crippen LogP contribution in [0.1, 0.15) is 16.8 Å². The molecule has 0 aliphatic carbocycles. The highest BCUT2D eigenvalue weighted by atomic mass is 16.5. The van der Waals surface area contributed by atoms with Crippen molar-refractivity contribution in [3.05, 3.63) is 23.9 Å². The number of rotatable bonds is 3. The fourth-order valence-electron chi connectivity index (χ4n) is 1.54. The SMILES string of the molecule is CNC(=O)c1ccnc(O[C@H]2CCOC2)c1. The van der Waals surface area contributed by atoms with Gasteiger partial charge in [-0.25, -0.2) is 4.98 Å². The van der Waals surface area contributed by atoms with E-state index in [9.17, 15) is 4.79 Å². The Balaban J connectivity index is 2.06. The van der Waals surface area contributed by atoms with Crippen LogP contribution in [0, 0.1) is 0 Å². The summed E-state index contributed by atoms with van der Waals surface area (Å²) in [5.41, 5.74) is 0.548. The maximum Gasteiger partial charge on any atom is 0.251 e. The van der Waals surface area contributed by atoms with Gasteiger partial charge in [0.05, 0.1) is 13.2 Å². The molecular weight excluding hydrogens is 208 g/mol. The lowest BCUT2D eigenvalue weighted by Gasteiger charge is -2.11. The second-order valence-corrected chi connectivity index (χ2v) is 3.57. The number of aromatic nitrogens is 1. The molecule has 0 spiro atoms. The van der Waals surface area contributed by atoms with E-state index in [2.05, 4.69) is 10.3 Å². The van der Waals surface area contributed by atoms with E-state index in [1.807, 2.05) is 0 Å². The average Bonchev–Trinajstić information content (AvgIpc) is 2.81. The zero-order valence-corrected chi connectivity index (χ0v) is 9.10. The number of hydrogen-bond donors (Lipinski definition) is 1. The number of amides is 1. The van der Waals surface area contributed by atoms with E-state index in [4.69, 9.17) is 9.47 Å². The van der Waals surface area contributed by atoms with Gasteiger partial charge in [-0.3, -0.25) is 4.79 Å². The molecule has 1 aliphatic rings. The molecule has 1 aliphatic heterocycles. The number of nitrogens with zero attached hydrogens (tertiary/aromatic N) is 1. The number of carbonyl (C=O) groups excluding carboxylic acids is 1. The van der Waals surface area contributed by atoms with Gasteiger partial charge in [-0.15, -0.1) is 0 Å². The molecule has 2 rings (SSSR count). The van der Waals surface area contributed by atoms with Gasteiger partial charge >= 0.3 is 0 Å². The summed E-state index contributed by atoms with van der Waals surface area (Å²) >= 11 is 0. The van der Waals surface area contributed by atoms with E-state index >= 15 is 0 Å². The molecule has 2 heterocycles. The van der Waals surface area contributed by atoms with Gasteiger partial charge in [0.25, 0.3) is 5.91 Å².